The van der Waals surface area contributed by atoms with E-state index in [9.17, 15) is 18.7 Å². The molecule has 0 aromatic heterocycles. The van der Waals surface area contributed by atoms with Crippen molar-refractivity contribution in [1.29, 1.82) is 0 Å². The fraction of sp³-hybridized carbons (Fsp3) is 0.588. The Bertz CT molecular complexity index is 521. The number of piperidine rings is 1. The van der Waals surface area contributed by atoms with Gasteiger partial charge in [0.1, 0.15) is 11.6 Å². The molecule has 0 aliphatic carbocycles. The van der Waals surface area contributed by atoms with E-state index >= 15 is 0 Å². The first-order valence-corrected chi connectivity index (χ1v) is 7.94. The van der Waals surface area contributed by atoms with E-state index in [1.165, 1.54) is 12.1 Å². The van der Waals surface area contributed by atoms with Crippen LogP contribution in [0.5, 0.6) is 0 Å². The Morgan fingerprint density at radius 2 is 2.23 bits per heavy atom. The van der Waals surface area contributed by atoms with Gasteiger partial charge in [-0.25, -0.2) is 8.78 Å². The molecule has 0 amide bonds. The molecule has 1 fully saturated rings. The summed E-state index contributed by atoms with van der Waals surface area (Å²) in [6.45, 7) is 3.25. The number of likely N-dealkylation sites (tertiary alicyclic amines) is 1. The van der Waals surface area contributed by atoms with Gasteiger partial charge in [0.2, 0.25) is 0 Å². The number of aliphatic carboxylic acids is 1. The molecule has 1 aliphatic heterocycles. The number of hydrogen-bond acceptors (Lipinski definition) is 2. The minimum atomic E-state index is -0.793. The third-order valence-electron chi connectivity index (χ3n) is 4.40. The number of benzene rings is 1. The number of carbonyl (C=O) groups is 1. The molecule has 1 aromatic carbocycles. The second-order valence-electron chi connectivity index (χ2n) is 6.00. The summed E-state index contributed by atoms with van der Waals surface area (Å²) in [5.74, 6) is -2.32. The first-order chi connectivity index (χ1) is 10.5. The van der Waals surface area contributed by atoms with E-state index in [0.29, 0.717) is 18.5 Å². The molecule has 3 nitrogen and oxygen atoms in total. The fourth-order valence-corrected chi connectivity index (χ4v) is 3.20. The van der Waals surface area contributed by atoms with Crippen LogP contribution in [0, 0.1) is 17.6 Å². The average molecular weight is 311 g/mol. The van der Waals surface area contributed by atoms with Crippen LogP contribution in [0.15, 0.2) is 18.2 Å². The van der Waals surface area contributed by atoms with E-state index in [1.807, 2.05) is 4.90 Å². The largest absolute Gasteiger partial charge is 0.481 e. The smallest absolute Gasteiger partial charge is 0.307 e. The Balaban J connectivity index is 2.23. The van der Waals surface area contributed by atoms with Crippen molar-refractivity contribution < 1.29 is 18.7 Å². The van der Waals surface area contributed by atoms with Crippen molar-refractivity contribution in [3.05, 3.63) is 35.4 Å². The monoisotopic (exact) mass is 311 g/mol. The van der Waals surface area contributed by atoms with Crippen molar-refractivity contribution in [2.24, 2.45) is 5.92 Å². The molecule has 1 N–H and O–H groups in total. The van der Waals surface area contributed by atoms with E-state index in [4.69, 9.17) is 0 Å². The SMILES string of the molecule is CCCCC(c1ccc(F)cc1F)N1CCCC(C(=O)O)C1. The van der Waals surface area contributed by atoms with Crippen LogP contribution in [-0.2, 0) is 4.79 Å². The van der Waals surface area contributed by atoms with Gasteiger partial charge >= 0.3 is 5.97 Å². The Morgan fingerprint density at radius 3 is 2.86 bits per heavy atom. The van der Waals surface area contributed by atoms with E-state index in [-0.39, 0.29) is 6.04 Å². The maximum Gasteiger partial charge on any atom is 0.307 e. The Hall–Kier alpha value is -1.49. The molecule has 1 heterocycles. The van der Waals surface area contributed by atoms with Crippen molar-refractivity contribution >= 4 is 5.97 Å². The highest BCUT2D eigenvalue weighted by Crippen LogP contribution is 2.32. The molecule has 2 atom stereocenters. The van der Waals surface area contributed by atoms with Crippen LogP contribution in [0.25, 0.3) is 0 Å². The maximum atomic E-state index is 14.2. The number of carboxylic acid groups (broad SMARTS) is 1. The third-order valence-corrected chi connectivity index (χ3v) is 4.40. The van der Waals surface area contributed by atoms with Gasteiger partial charge in [-0.05, 0) is 31.9 Å². The van der Waals surface area contributed by atoms with Gasteiger partial charge in [0, 0.05) is 24.2 Å². The Labute approximate surface area is 129 Å². The molecule has 2 unspecified atom stereocenters. The number of nitrogens with zero attached hydrogens (tertiary/aromatic N) is 1. The molecule has 0 spiro atoms. The molecular formula is C17H23F2NO2. The van der Waals surface area contributed by atoms with Crippen LogP contribution in [0.2, 0.25) is 0 Å². The van der Waals surface area contributed by atoms with E-state index in [2.05, 4.69) is 6.92 Å². The van der Waals surface area contributed by atoms with Crippen LogP contribution in [0.4, 0.5) is 8.78 Å². The van der Waals surface area contributed by atoms with Gasteiger partial charge in [0.05, 0.1) is 5.92 Å². The standard InChI is InChI=1S/C17H23F2NO2/c1-2-3-6-16(14-8-7-13(18)10-15(14)19)20-9-4-5-12(11-20)17(21)22/h7-8,10,12,16H,2-6,9,11H2,1H3,(H,21,22). The van der Waals surface area contributed by atoms with Crippen LogP contribution in [-0.4, -0.2) is 29.1 Å². The molecule has 1 aliphatic rings. The Morgan fingerprint density at radius 1 is 1.45 bits per heavy atom. The van der Waals surface area contributed by atoms with Crippen LogP contribution >= 0.6 is 0 Å². The highest BCUT2D eigenvalue weighted by Gasteiger charge is 2.31. The summed E-state index contributed by atoms with van der Waals surface area (Å²) < 4.78 is 27.3. The summed E-state index contributed by atoms with van der Waals surface area (Å²) in [6.07, 6.45) is 4.12. The van der Waals surface area contributed by atoms with Gasteiger partial charge in [-0.1, -0.05) is 25.8 Å². The lowest BCUT2D eigenvalue weighted by Gasteiger charge is -2.37. The highest BCUT2D eigenvalue weighted by atomic mass is 19.1. The van der Waals surface area contributed by atoms with Gasteiger partial charge in [-0.2, -0.15) is 0 Å². The minimum absolute atomic E-state index is 0.178. The van der Waals surface area contributed by atoms with Crippen LogP contribution < -0.4 is 0 Å². The first-order valence-electron chi connectivity index (χ1n) is 7.94. The molecule has 1 saturated heterocycles. The minimum Gasteiger partial charge on any atom is -0.481 e. The predicted molar refractivity (Wildman–Crippen MR) is 80.6 cm³/mol. The summed E-state index contributed by atoms with van der Waals surface area (Å²) in [7, 11) is 0. The van der Waals surface area contributed by atoms with Gasteiger partial charge in [0.15, 0.2) is 0 Å². The summed E-state index contributed by atoms with van der Waals surface area (Å²) in [5, 5.41) is 9.23. The van der Waals surface area contributed by atoms with Gasteiger partial charge in [-0.3, -0.25) is 9.69 Å². The van der Waals surface area contributed by atoms with Crippen molar-refractivity contribution in [2.45, 2.75) is 45.1 Å². The summed E-state index contributed by atoms with van der Waals surface area (Å²) in [4.78, 5) is 13.3. The molecule has 0 bridgehead atoms. The third kappa shape index (κ3) is 4.03. The molecule has 0 saturated carbocycles. The zero-order valence-corrected chi connectivity index (χ0v) is 12.9. The molecule has 1 aromatic rings. The maximum absolute atomic E-state index is 14.2. The summed E-state index contributed by atoms with van der Waals surface area (Å²) >= 11 is 0. The second kappa shape index (κ2) is 7.68. The van der Waals surface area contributed by atoms with Crippen molar-refractivity contribution in [1.82, 2.24) is 4.90 Å². The molecule has 122 valence electrons. The van der Waals surface area contributed by atoms with E-state index in [1.54, 1.807) is 0 Å². The number of carboxylic acids is 1. The number of hydrogen-bond donors (Lipinski definition) is 1. The molecule has 2 rings (SSSR count). The average Bonchev–Trinajstić information content (AvgIpc) is 2.49. The normalized spacial score (nSPS) is 20.8. The van der Waals surface area contributed by atoms with Crippen molar-refractivity contribution in [2.75, 3.05) is 13.1 Å². The zero-order chi connectivity index (χ0) is 16.1. The molecule has 5 heteroatoms. The Kier molecular flexibility index (Phi) is 5.89. The number of unbranched alkanes of at least 4 members (excludes halogenated alkanes) is 1. The van der Waals surface area contributed by atoms with Crippen molar-refractivity contribution in [3.8, 4) is 0 Å². The van der Waals surface area contributed by atoms with E-state index in [0.717, 1.165) is 38.3 Å². The number of rotatable bonds is 6. The van der Waals surface area contributed by atoms with Gasteiger partial charge in [0.25, 0.3) is 0 Å². The second-order valence-corrected chi connectivity index (χ2v) is 6.00. The van der Waals surface area contributed by atoms with Gasteiger partial charge in [-0.15, -0.1) is 0 Å². The first kappa shape index (κ1) is 16.9. The van der Waals surface area contributed by atoms with Crippen LogP contribution in [0.3, 0.4) is 0 Å². The summed E-state index contributed by atoms with van der Waals surface area (Å²) in [6, 6.07) is 3.50. The molecule has 22 heavy (non-hydrogen) atoms. The lowest BCUT2D eigenvalue weighted by molar-refractivity contribution is -0.144. The van der Waals surface area contributed by atoms with Crippen molar-refractivity contribution in [3.63, 3.8) is 0 Å². The fourth-order valence-electron chi connectivity index (χ4n) is 3.20. The highest BCUT2D eigenvalue weighted by molar-refractivity contribution is 5.70. The van der Waals surface area contributed by atoms with E-state index < -0.39 is 23.5 Å². The predicted octanol–water partition coefficient (Wildman–Crippen LogP) is 3.99. The topological polar surface area (TPSA) is 40.5 Å². The quantitative estimate of drug-likeness (QED) is 0.863. The summed E-state index contributed by atoms with van der Waals surface area (Å²) in [5.41, 5.74) is 0.473. The lowest BCUT2D eigenvalue weighted by atomic mass is 9.92. The molecule has 0 radical (unpaired) electrons. The number of halogens is 2. The zero-order valence-electron chi connectivity index (χ0n) is 12.9. The molecular weight excluding hydrogens is 288 g/mol. The van der Waals surface area contributed by atoms with Gasteiger partial charge < -0.3 is 5.11 Å². The lowest BCUT2D eigenvalue weighted by Crippen LogP contribution is -2.41. The van der Waals surface area contributed by atoms with Crippen LogP contribution in [0.1, 0.15) is 50.6 Å².